The van der Waals surface area contributed by atoms with Gasteiger partial charge in [0.15, 0.2) is 23.2 Å². The van der Waals surface area contributed by atoms with Gasteiger partial charge in [-0.05, 0) is 26.7 Å². The standard InChI is InChI=1S/C18H23N5O5/c1-9(2)27-6-11-13(24)14(25)18(28-11)23-8-21-12-15(19-7-20-16(12)23)22-17(26)10-4-3-5-10/h4,7-9,11,13-14,18,24-25H,3,5-6H2,1-2H3,(H,19,20,22,26)/t11-,13+,14+,18+/m0/s1. The van der Waals surface area contributed by atoms with Crippen LogP contribution >= 0.6 is 0 Å². The van der Waals surface area contributed by atoms with Crippen molar-refractivity contribution in [2.45, 2.75) is 57.3 Å². The van der Waals surface area contributed by atoms with Crippen molar-refractivity contribution in [1.82, 2.24) is 19.5 Å². The maximum atomic E-state index is 12.2. The van der Waals surface area contributed by atoms with Crippen LogP contribution in [-0.4, -0.2) is 66.7 Å². The number of ether oxygens (including phenoxy) is 2. The van der Waals surface area contributed by atoms with Crippen LogP contribution in [0.2, 0.25) is 0 Å². The first-order valence-corrected chi connectivity index (χ1v) is 9.27. The van der Waals surface area contributed by atoms with Crippen LogP contribution in [0.25, 0.3) is 11.2 Å². The van der Waals surface area contributed by atoms with E-state index in [1.807, 2.05) is 19.9 Å². The maximum absolute atomic E-state index is 12.2. The summed E-state index contributed by atoms with van der Waals surface area (Å²) in [5.74, 6) is 0.0774. The third-order valence-corrected chi connectivity index (χ3v) is 4.89. The van der Waals surface area contributed by atoms with Gasteiger partial charge in [-0.3, -0.25) is 9.36 Å². The number of imidazole rings is 1. The van der Waals surface area contributed by atoms with E-state index in [-0.39, 0.29) is 24.4 Å². The van der Waals surface area contributed by atoms with Crippen molar-refractivity contribution in [1.29, 1.82) is 0 Å². The van der Waals surface area contributed by atoms with Gasteiger partial charge in [0.25, 0.3) is 5.91 Å². The van der Waals surface area contributed by atoms with Gasteiger partial charge in [0.05, 0.1) is 19.0 Å². The molecule has 1 aliphatic heterocycles. The molecule has 1 fully saturated rings. The highest BCUT2D eigenvalue weighted by atomic mass is 16.6. The number of hydrogen-bond acceptors (Lipinski definition) is 8. The average Bonchev–Trinajstić information content (AvgIpc) is 3.15. The smallest absolute Gasteiger partial charge is 0.252 e. The topological polar surface area (TPSA) is 132 Å². The molecule has 4 atom stereocenters. The zero-order valence-corrected chi connectivity index (χ0v) is 15.6. The highest BCUT2D eigenvalue weighted by molar-refractivity contribution is 6.06. The predicted octanol–water partition coefficient (Wildman–Crippen LogP) is 0.529. The van der Waals surface area contributed by atoms with E-state index in [2.05, 4.69) is 20.3 Å². The van der Waals surface area contributed by atoms with E-state index in [9.17, 15) is 15.0 Å². The van der Waals surface area contributed by atoms with Crippen LogP contribution in [0.3, 0.4) is 0 Å². The van der Waals surface area contributed by atoms with Crippen molar-refractivity contribution in [3.8, 4) is 0 Å². The van der Waals surface area contributed by atoms with Gasteiger partial charge in [0.1, 0.15) is 24.6 Å². The lowest BCUT2D eigenvalue weighted by molar-refractivity contribution is -0.113. The Labute approximate surface area is 161 Å². The third kappa shape index (κ3) is 3.39. The third-order valence-electron chi connectivity index (χ3n) is 4.89. The van der Waals surface area contributed by atoms with Crippen LogP contribution in [0, 0.1) is 0 Å². The lowest BCUT2D eigenvalue weighted by atomic mass is 9.98. The number of carbonyl (C=O) groups is 1. The number of aromatic nitrogens is 4. The van der Waals surface area contributed by atoms with Gasteiger partial charge in [-0.1, -0.05) is 6.08 Å². The number of anilines is 1. The minimum Gasteiger partial charge on any atom is -0.387 e. The molecule has 0 saturated carbocycles. The Morgan fingerprint density at radius 2 is 2.14 bits per heavy atom. The van der Waals surface area contributed by atoms with Crippen LogP contribution in [-0.2, 0) is 14.3 Å². The largest absolute Gasteiger partial charge is 0.387 e. The summed E-state index contributed by atoms with van der Waals surface area (Å²) in [6.07, 6.45) is 2.42. The predicted molar refractivity (Wildman–Crippen MR) is 98.3 cm³/mol. The molecule has 4 rings (SSSR count). The number of allylic oxidation sites excluding steroid dienone is 1. The zero-order chi connectivity index (χ0) is 19.8. The van der Waals surface area contributed by atoms with Gasteiger partial charge in [-0.2, -0.15) is 0 Å². The summed E-state index contributed by atoms with van der Waals surface area (Å²) < 4.78 is 12.8. The van der Waals surface area contributed by atoms with Gasteiger partial charge in [-0.15, -0.1) is 0 Å². The molecule has 10 heteroatoms. The summed E-state index contributed by atoms with van der Waals surface area (Å²) in [5, 5.41) is 23.5. The summed E-state index contributed by atoms with van der Waals surface area (Å²) in [6.45, 7) is 3.92. The molecule has 1 amide bonds. The Balaban J connectivity index is 1.57. The van der Waals surface area contributed by atoms with Crippen molar-refractivity contribution in [2.75, 3.05) is 11.9 Å². The molecule has 3 heterocycles. The van der Waals surface area contributed by atoms with Crippen molar-refractivity contribution in [3.05, 3.63) is 24.3 Å². The second-order valence-electron chi connectivity index (χ2n) is 7.20. The number of aliphatic hydroxyl groups excluding tert-OH is 2. The molecule has 2 aliphatic rings. The summed E-state index contributed by atoms with van der Waals surface area (Å²) in [6, 6.07) is 0. The van der Waals surface area contributed by atoms with Crippen molar-refractivity contribution >= 4 is 22.9 Å². The maximum Gasteiger partial charge on any atom is 0.252 e. The molecule has 0 unspecified atom stereocenters. The lowest BCUT2D eigenvalue weighted by Gasteiger charge is -2.17. The van der Waals surface area contributed by atoms with E-state index in [1.54, 1.807) is 0 Å². The van der Waals surface area contributed by atoms with Gasteiger partial charge < -0.3 is 25.0 Å². The summed E-state index contributed by atoms with van der Waals surface area (Å²) in [7, 11) is 0. The van der Waals surface area contributed by atoms with E-state index in [0.717, 1.165) is 18.4 Å². The minimum absolute atomic E-state index is 0.0224. The van der Waals surface area contributed by atoms with Crippen LogP contribution in [0.1, 0.15) is 32.9 Å². The van der Waals surface area contributed by atoms with Crippen molar-refractivity contribution in [2.24, 2.45) is 0 Å². The van der Waals surface area contributed by atoms with Crippen LogP contribution in [0.15, 0.2) is 24.3 Å². The summed E-state index contributed by atoms with van der Waals surface area (Å²) >= 11 is 0. The van der Waals surface area contributed by atoms with E-state index in [4.69, 9.17) is 9.47 Å². The molecular formula is C18H23N5O5. The number of amides is 1. The summed E-state index contributed by atoms with van der Waals surface area (Å²) in [5.41, 5.74) is 1.48. The van der Waals surface area contributed by atoms with Crippen LogP contribution < -0.4 is 5.32 Å². The van der Waals surface area contributed by atoms with Crippen molar-refractivity contribution < 1.29 is 24.5 Å². The molecule has 2 aromatic rings. The Morgan fingerprint density at radius 3 is 2.82 bits per heavy atom. The number of hydrogen-bond donors (Lipinski definition) is 3. The first-order chi connectivity index (χ1) is 13.5. The SMILES string of the molecule is CC(C)OC[C@@H]1O[C@@H](n2cnc3c(NC(=O)C4=CCC4)ncnc32)[C@H](O)[C@@H]1O. The van der Waals surface area contributed by atoms with E-state index in [1.165, 1.54) is 17.2 Å². The van der Waals surface area contributed by atoms with E-state index >= 15 is 0 Å². The lowest BCUT2D eigenvalue weighted by Crippen LogP contribution is -2.34. The molecule has 0 aromatic carbocycles. The first kappa shape index (κ1) is 18.9. The molecule has 150 valence electrons. The van der Waals surface area contributed by atoms with E-state index in [0.29, 0.717) is 11.2 Å². The zero-order valence-electron chi connectivity index (χ0n) is 15.6. The fraction of sp³-hybridized carbons (Fsp3) is 0.556. The van der Waals surface area contributed by atoms with Crippen molar-refractivity contribution in [3.63, 3.8) is 0 Å². The molecule has 0 bridgehead atoms. The number of nitrogens with one attached hydrogen (secondary N) is 1. The second kappa shape index (κ2) is 7.55. The fourth-order valence-corrected chi connectivity index (χ4v) is 3.20. The molecule has 10 nitrogen and oxygen atoms in total. The molecule has 0 radical (unpaired) electrons. The first-order valence-electron chi connectivity index (χ1n) is 9.27. The normalized spacial score (nSPS) is 27.1. The minimum atomic E-state index is -1.17. The fourth-order valence-electron chi connectivity index (χ4n) is 3.20. The average molecular weight is 389 g/mol. The number of rotatable bonds is 6. The van der Waals surface area contributed by atoms with Crippen LogP contribution in [0.4, 0.5) is 5.82 Å². The quantitative estimate of drug-likeness (QED) is 0.652. The molecule has 2 aromatic heterocycles. The van der Waals surface area contributed by atoms with Gasteiger partial charge in [-0.25, -0.2) is 15.0 Å². The molecule has 3 N–H and O–H groups in total. The Kier molecular flexibility index (Phi) is 5.11. The highest BCUT2D eigenvalue weighted by Crippen LogP contribution is 2.32. The van der Waals surface area contributed by atoms with E-state index < -0.39 is 24.5 Å². The van der Waals surface area contributed by atoms with Gasteiger partial charge in [0.2, 0.25) is 0 Å². The molecule has 0 spiro atoms. The monoisotopic (exact) mass is 389 g/mol. The van der Waals surface area contributed by atoms with Gasteiger partial charge >= 0.3 is 0 Å². The Morgan fingerprint density at radius 1 is 1.36 bits per heavy atom. The number of carbonyl (C=O) groups excluding carboxylic acids is 1. The number of aliphatic hydroxyl groups is 2. The highest BCUT2D eigenvalue weighted by Gasteiger charge is 2.44. The Hall–Kier alpha value is -2.40. The van der Waals surface area contributed by atoms with Gasteiger partial charge in [0, 0.05) is 5.57 Å². The molecule has 1 saturated heterocycles. The molecule has 28 heavy (non-hydrogen) atoms. The number of nitrogens with zero attached hydrogens (tertiary/aromatic N) is 4. The summed E-state index contributed by atoms with van der Waals surface area (Å²) in [4.78, 5) is 24.8. The second-order valence-corrected chi connectivity index (χ2v) is 7.20. The molecular weight excluding hydrogens is 366 g/mol. The molecule has 1 aliphatic carbocycles. The Bertz CT molecular complexity index is 911. The van der Waals surface area contributed by atoms with Crippen LogP contribution in [0.5, 0.6) is 0 Å². The number of fused-ring (bicyclic) bond motifs is 1.